The Kier molecular flexibility index (Phi) is 5.73. The Hall–Kier alpha value is -2.17. The van der Waals surface area contributed by atoms with Crippen LogP contribution in [-0.4, -0.2) is 36.4 Å². The van der Waals surface area contributed by atoms with Crippen molar-refractivity contribution in [2.75, 3.05) is 25.6 Å². The van der Waals surface area contributed by atoms with Crippen LogP contribution in [0.2, 0.25) is 0 Å². The standard InChI is InChI=1S/C12H15N3O4/c1-19-8-11(16)4-5-14-10-3-2-9(7-13)12(6-10)15(17)18/h2-3,6,11,14,16H,4-5,8H2,1H3. The zero-order chi connectivity index (χ0) is 14.3. The van der Waals surface area contributed by atoms with Crippen LogP contribution in [0.1, 0.15) is 12.0 Å². The van der Waals surface area contributed by atoms with Gasteiger partial charge in [-0.25, -0.2) is 0 Å². The quantitative estimate of drug-likeness (QED) is 0.567. The summed E-state index contributed by atoms with van der Waals surface area (Å²) in [6.45, 7) is 0.697. The second kappa shape index (κ2) is 7.31. The van der Waals surface area contributed by atoms with Crippen LogP contribution in [0.5, 0.6) is 0 Å². The molecule has 0 amide bonds. The summed E-state index contributed by atoms with van der Waals surface area (Å²) in [6.07, 6.45) is -0.118. The van der Waals surface area contributed by atoms with Gasteiger partial charge in [0.1, 0.15) is 11.6 Å². The molecular formula is C12H15N3O4. The van der Waals surface area contributed by atoms with Gasteiger partial charge in [-0.05, 0) is 18.6 Å². The van der Waals surface area contributed by atoms with E-state index in [0.717, 1.165) is 0 Å². The minimum Gasteiger partial charge on any atom is -0.391 e. The highest BCUT2D eigenvalue weighted by atomic mass is 16.6. The van der Waals surface area contributed by atoms with Gasteiger partial charge < -0.3 is 15.2 Å². The molecule has 0 aliphatic rings. The van der Waals surface area contributed by atoms with E-state index in [1.165, 1.54) is 19.2 Å². The molecule has 1 unspecified atom stereocenters. The number of nitrogens with zero attached hydrogens (tertiary/aromatic N) is 2. The molecule has 7 nitrogen and oxygen atoms in total. The maximum absolute atomic E-state index is 10.8. The summed E-state index contributed by atoms with van der Waals surface area (Å²) in [4.78, 5) is 10.2. The molecule has 0 aromatic heterocycles. The van der Waals surface area contributed by atoms with Gasteiger partial charge in [-0.15, -0.1) is 0 Å². The Bertz CT molecular complexity index is 484. The first kappa shape index (κ1) is 14.9. The smallest absolute Gasteiger partial charge is 0.289 e. The van der Waals surface area contributed by atoms with Crippen molar-refractivity contribution in [2.45, 2.75) is 12.5 Å². The number of hydrogen-bond donors (Lipinski definition) is 2. The largest absolute Gasteiger partial charge is 0.391 e. The van der Waals surface area contributed by atoms with Crippen molar-refractivity contribution in [3.8, 4) is 6.07 Å². The Morgan fingerprint density at radius 3 is 2.95 bits per heavy atom. The molecule has 0 heterocycles. The second-order valence-electron chi connectivity index (χ2n) is 3.93. The Morgan fingerprint density at radius 2 is 2.37 bits per heavy atom. The molecule has 1 aromatic carbocycles. The van der Waals surface area contributed by atoms with Crippen LogP contribution in [0.25, 0.3) is 0 Å². The highest BCUT2D eigenvalue weighted by molar-refractivity contribution is 5.59. The number of methoxy groups -OCH3 is 1. The van der Waals surface area contributed by atoms with Crippen molar-refractivity contribution in [1.29, 1.82) is 5.26 Å². The summed E-state index contributed by atoms with van der Waals surface area (Å²) in [5.74, 6) is 0. The first-order valence-corrected chi connectivity index (χ1v) is 5.68. The zero-order valence-corrected chi connectivity index (χ0v) is 10.5. The van der Waals surface area contributed by atoms with Gasteiger partial charge in [0.25, 0.3) is 5.69 Å². The van der Waals surface area contributed by atoms with Crippen LogP contribution in [0.15, 0.2) is 18.2 Å². The topological polar surface area (TPSA) is 108 Å². The van der Waals surface area contributed by atoms with Crippen LogP contribution in [-0.2, 0) is 4.74 Å². The van der Waals surface area contributed by atoms with Crippen LogP contribution in [0.3, 0.4) is 0 Å². The van der Waals surface area contributed by atoms with Crippen LogP contribution in [0.4, 0.5) is 11.4 Å². The normalized spacial score (nSPS) is 11.6. The second-order valence-corrected chi connectivity index (χ2v) is 3.93. The lowest BCUT2D eigenvalue weighted by atomic mass is 10.1. The lowest BCUT2D eigenvalue weighted by Crippen LogP contribution is -2.18. The van der Waals surface area contributed by atoms with E-state index in [-0.39, 0.29) is 17.9 Å². The molecule has 0 fully saturated rings. The number of benzene rings is 1. The molecule has 0 aliphatic carbocycles. The highest BCUT2D eigenvalue weighted by Crippen LogP contribution is 2.22. The number of hydrogen-bond acceptors (Lipinski definition) is 6. The Labute approximate surface area is 110 Å². The molecule has 0 saturated heterocycles. The van der Waals surface area contributed by atoms with E-state index >= 15 is 0 Å². The molecule has 1 aromatic rings. The number of nitro groups is 1. The average molecular weight is 265 g/mol. The van der Waals surface area contributed by atoms with Gasteiger partial charge in [-0.2, -0.15) is 5.26 Å². The van der Waals surface area contributed by atoms with Gasteiger partial charge in [-0.3, -0.25) is 10.1 Å². The summed E-state index contributed by atoms with van der Waals surface area (Å²) in [6, 6.07) is 6.06. The minimum atomic E-state index is -0.594. The van der Waals surface area contributed by atoms with Gasteiger partial charge >= 0.3 is 0 Å². The van der Waals surface area contributed by atoms with Crippen molar-refractivity contribution in [2.24, 2.45) is 0 Å². The molecule has 0 radical (unpaired) electrons. The first-order valence-electron chi connectivity index (χ1n) is 5.68. The molecule has 1 atom stereocenters. The lowest BCUT2D eigenvalue weighted by molar-refractivity contribution is -0.385. The highest BCUT2D eigenvalue weighted by Gasteiger charge is 2.14. The number of ether oxygens (including phenoxy) is 1. The molecule has 2 N–H and O–H groups in total. The van der Waals surface area contributed by atoms with Crippen LogP contribution >= 0.6 is 0 Å². The third-order valence-corrected chi connectivity index (χ3v) is 2.48. The molecule has 1 rings (SSSR count). The maximum Gasteiger partial charge on any atom is 0.289 e. The van der Waals surface area contributed by atoms with E-state index in [0.29, 0.717) is 18.7 Å². The van der Waals surface area contributed by atoms with Crippen molar-refractivity contribution >= 4 is 11.4 Å². The molecular weight excluding hydrogens is 250 g/mol. The van der Waals surface area contributed by atoms with E-state index in [4.69, 9.17) is 10.00 Å². The van der Waals surface area contributed by atoms with E-state index in [9.17, 15) is 15.2 Å². The molecule has 102 valence electrons. The van der Waals surface area contributed by atoms with Gasteiger partial charge in [0.2, 0.25) is 0 Å². The third kappa shape index (κ3) is 4.54. The summed E-state index contributed by atoms with van der Waals surface area (Å²) < 4.78 is 4.78. The van der Waals surface area contributed by atoms with Crippen molar-refractivity contribution in [3.05, 3.63) is 33.9 Å². The lowest BCUT2D eigenvalue weighted by Gasteiger charge is -2.11. The molecule has 0 bridgehead atoms. The fourth-order valence-electron chi connectivity index (χ4n) is 1.55. The minimum absolute atomic E-state index is 0.0231. The number of nitrogens with one attached hydrogen (secondary N) is 1. The maximum atomic E-state index is 10.8. The molecule has 0 aliphatic heterocycles. The van der Waals surface area contributed by atoms with Gasteiger partial charge in [0.15, 0.2) is 0 Å². The predicted octanol–water partition coefficient (Wildman–Crippen LogP) is 1.28. The molecule has 7 heteroatoms. The summed E-state index contributed by atoms with van der Waals surface area (Å²) in [5.41, 5.74) is 0.329. The number of anilines is 1. The van der Waals surface area contributed by atoms with Gasteiger partial charge in [0.05, 0.1) is 17.6 Å². The monoisotopic (exact) mass is 265 g/mol. The zero-order valence-electron chi connectivity index (χ0n) is 10.5. The SMILES string of the molecule is COCC(O)CCNc1ccc(C#N)c([N+](=O)[O-])c1. The average Bonchev–Trinajstić information content (AvgIpc) is 2.38. The number of aliphatic hydroxyl groups excluding tert-OH is 1. The van der Waals surface area contributed by atoms with Crippen LogP contribution < -0.4 is 5.32 Å². The Morgan fingerprint density at radius 1 is 1.63 bits per heavy atom. The van der Waals surface area contributed by atoms with E-state index < -0.39 is 11.0 Å². The number of rotatable bonds is 7. The van der Waals surface area contributed by atoms with E-state index in [1.54, 1.807) is 12.1 Å². The summed E-state index contributed by atoms with van der Waals surface area (Å²) in [5, 5.41) is 31.9. The molecule has 0 saturated carbocycles. The summed E-state index contributed by atoms with van der Waals surface area (Å²) >= 11 is 0. The number of nitro benzene ring substituents is 1. The van der Waals surface area contributed by atoms with Gasteiger partial charge in [-0.1, -0.05) is 0 Å². The van der Waals surface area contributed by atoms with Crippen molar-refractivity contribution in [1.82, 2.24) is 0 Å². The molecule has 19 heavy (non-hydrogen) atoms. The fraction of sp³-hybridized carbons (Fsp3) is 0.417. The number of aliphatic hydroxyl groups is 1. The summed E-state index contributed by atoms with van der Waals surface area (Å²) in [7, 11) is 1.50. The van der Waals surface area contributed by atoms with Crippen molar-refractivity contribution < 1.29 is 14.8 Å². The number of nitriles is 1. The van der Waals surface area contributed by atoms with Gasteiger partial charge in [0, 0.05) is 25.4 Å². The predicted molar refractivity (Wildman–Crippen MR) is 68.8 cm³/mol. The van der Waals surface area contributed by atoms with E-state index in [1.807, 2.05) is 0 Å². The first-order chi connectivity index (χ1) is 9.08. The Balaban J connectivity index is 2.63. The van der Waals surface area contributed by atoms with E-state index in [2.05, 4.69) is 5.32 Å². The van der Waals surface area contributed by atoms with Crippen LogP contribution in [0, 0.1) is 21.4 Å². The molecule has 0 spiro atoms. The fourth-order valence-corrected chi connectivity index (χ4v) is 1.55. The third-order valence-electron chi connectivity index (χ3n) is 2.48. The van der Waals surface area contributed by atoms with Crippen molar-refractivity contribution in [3.63, 3.8) is 0 Å².